The fourth-order valence-electron chi connectivity index (χ4n) is 6.29. The first kappa shape index (κ1) is 17.5. The highest BCUT2D eigenvalue weighted by Gasteiger charge is 2.61. The topological polar surface area (TPSA) is 81.4 Å². The van der Waals surface area contributed by atoms with E-state index >= 15 is 0 Å². The molecule has 6 heteroatoms. The van der Waals surface area contributed by atoms with Crippen molar-refractivity contribution in [1.29, 1.82) is 0 Å². The van der Waals surface area contributed by atoms with Gasteiger partial charge in [0.25, 0.3) is 5.91 Å². The van der Waals surface area contributed by atoms with E-state index in [4.69, 9.17) is 9.26 Å². The first-order valence-electron chi connectivity index (χ1n) is 9.94. The summed E-state index contributed by atoms with van der Waals surface area (Å²) < 4.78 is 10.5. The van der Waals surface area contributed by atoms with E-state index in [0.29, 0.717) is 24.0 Å². The molecular formula is C22H24N2O4. The fraction of sp³-hybridized carbons (Fsp3) is 0.500. The van der Waals surface area contributed by atoms with Crippen LogP contribution in [-0.2, 0) is 9.53 Å². The van der Waals surface area contributed by atoms with Gasteiger partial charge in [-0.15, -0.1) is 0 Å². The second-order valence-electron chi connectivity index (χ2n) is 8.91. The SMILES string of the molecule is COC(=O)C12C[C@@H]3C[C@@H](CC(NC(=O)c4cc(-c5ccccc5)on4)(C3)C1)C2. The molecule has 1 N–H and O–H groups in total. The first-order valence-corrected chi connectivity index (χ1v) is 9.94. The van der Waals surface area contributed by atoms with Gasteiger partial charge in [0, 0.05) is 17.2 Å². The van der Waals surface area contributed by atoms with E-state index in [1.54, 1.807) is 6.07 Å². The molecule has 1 heterocycles. The van der Waals surface area contributed by atoms with Crippen LogP contribution in [0.2, 0.25) is 0 Å². The number of hydrogen-bond acceptors (Lipinski definition) is 5. The van der Waals surface area contributed by atoms with Crippen molar-refractivity contribution in [2.45, 2.75) is 44.1 Å². The molecule has 4 aliphatic carbocycles. The summed E-state index contributed by atoms with van der Waals surface area (Å²) in [6, 6.07) is 11.3. The minimum Gasteiger partial charge on any atom is -0.469 e. The van der Waals surface area contributed by atoms with Crippen LogP contribution in [0.15, 0.2) is 40.9 Å². The molecule has 2 aromatic rings. The maximum Gasteiger partial charge on any atom is 0.311 e. The standard InChI is InChI=1S/C22H24N2O4/c1-27-20(26)21-9-14-7-15(10-21)12-22(11-14,13-21)23-19(25)17-8-18(28-24-17)16-5-3-2-4-6-16/h2-6,8,14-15H,7,9-13H2,1H3,(H,23,25)/t14-,15+,21?,22?. The van der Waals surface area contributed by atoms with Crippen LogP contribution in [0.5, 0.6) is 0 Å². The molecule has 1 aromatic carbocycles. The van der Waals surface area contributed by atoms with Gasteiger partial charge in [-0.05, 0) is 50.4 Å². The van der Waals surface area contributed by atoms with Crippen LogP contribution in [0.1, 0.15) is 49.0 Å². The maximum absolute atomic E-state index is 13.0. The summed E-state index contributed by atoms with van der Waals surface area (Å²) in [6.07, 6.45) is 5.44. The lowest BCUT2D eigenvalue weighted by Crippen LogP contribution is -2.64. The summed E-state index contributed by atoms with van der Waals surface area (Å²) >= 11 is 0. The van der Waals surface area contributed by atoms with Crippen LogP contribution in [-0.4, -0.2) is 29.7 Å². The lowest BCUT2D eigenvalue weighted by Gasteiger charge is -2.60. The maximum atomic E-state index is 13.0. The van der Waals surface area contributed by atoms with Crippen LogP contribution >= 0.6 is 0 Å². The van der Waals surface area contributed by atoms with Crippen LogP contribution in [0.25, 0.3) is 11.3 Å². The van der Waals surface area contributed by atoms with Gasteiger partial charge in [0.2, 0.25) is 0 Å². The Hall–Kier alpha value is -2.63. The number of amides is 1. The van der Waals surface area contributed by atoms with Crippen LogP contribution in [0.3, 0.4) is 0 Å². The Morgan fingerprint density at radius 2 is 1.86 bits per heavy atom. The van der Waals surface area contributed by atoms with Crippen LogP contribution in [0, 0.1) is 17.3 Å². The van der Waals surface area contributed by atoms with Crippen molar-refractivity contribution in [3.63, 3.8) is 0 Å². The van der Waals surface area contributed by atoms with Gasteiger partial charge in [0.1, 0.15) is 0 Å². The lowest BCUT2D eigenvalue weighted by molar-refractivity contribution is -0.171. The zero-order chi connectivity index (χ0) is 19.4. The summed E-state index contributed by atoms with van der Waals surface area (Å²) in [7, 11) is 1.46. The Morgan fingerprint density at radius 3 is 2.54 bits per heavy atom. The molecule has 0 radical (unpaired) electrons. The van der Waals surface area contributed by atoms with Gasteiger partial charge in [-0.25, -0.2) is 0 Å². The third kappa shape index (κ3) is 2.74. The van der Waals surface area contributed by atoms with Crippen LogP contribution < -0.4 is 5.32 Å². The smallest absolute Gasteiger partial charge is 0.311 e. The minimum absolute atomic E-state index is 0.118. The van der Waals surface area contributed by atoms with E-state index in [1.165, 1.54) is 7.11 Å². The van der Waals surface area contributed by atoms with Crippen molar-refractivity contribution >= 4 is 11.9 Å². The number of hydrogen-bond donors (Lipinski definition) is 1. The normalized spacial score (nSPS) is 32.9. The van der Waals surface area contributed by atoms with E-state index in [2.05, 4.69) is 10.5 Å². The molecule has 28 heavy (non-hydrogen) atoms. The molecule has 4 aliphatic rings. The van der Waals surface area contributed by atoms with Crippen molar-refractivity contribution < 1.29 is 18.8 Å². The van der Waals surface area contributed by atoms with Gasteiger partial charge in [-0.2, -0.15) is 0 Å². The summed E-state index contributed by atoms with van der Waals surface area (Å²) in [5.41, 5.74) is 0.377. The zero-order valence-electron chi connectivity index (χ0n) is 15.9. The fourth-order valence-corrected chi connectivity index (χ4v) is 6.29. The summed E-state index contributed by atoms with van der Waals surface area (Å²) in [4.78, 5) is 25.5. The molecule has 0 aliphatic heterocycles. The van der Waals surface area contributed by atoms with E-state index in [-0.39, 0.29) is 23.1 Å². The average Bonchev–Trinajstić information content (AvgIpc) is 3.17. The molecule has 4 fully saturated rings. The Kier molecular flexibility index (Phi) is 3.86. The number of benzene rings is 1. The predicted molar refractivity (Wildman–Crippen MR) is 101 cm³/mol. The van der Waals surface area contributed by atoms with Crippen molar-refractivity contribution in [1.82, 2.24) is 10.5 Å². The highest BCUT2D eigenvalue weighted by molar-refractivity contribution is 5.93. The van der Waals surface area contributed by atoms with Crippen LogP contribution in [0.4, 0.5) is 0 Å². The number of nitrogens with one attached hydrogen (secondary N) is 1. The van der Waals surface area contributed by atoms with Gasteiger partial charge in [0.05, 0.1) is 12.5 Å². The largest absolute Gasteiger partial charge is 0.469 e. The molecule has 1 amide bonds. The van der Waals surface area contributed by atoms with Crippen molar-refractivity contribution in [2.24, 2.45) is 17.3 Å². The number of nitrogens with zero attached hydrogens (tertiary/aromatic N) is 1. The second kappa shape index (κ2) is 6.19. The van der Waals surface area contributed by atoms with Gasteiger partial charge in [-0.3, -0.25) is 9.59 Å². The summed E-state index contributed by atoms with van der Waals surface area (Å²) in [6.45, 7) is 0. The van der Waals surface area contributed by atoms with Gasteiger partial charge < -0.3 is 14.6 Å². The van der Waals surface area contributed by atoms with Crippen molar-refractivity contribution in [2.75, 3.05) is 7.11 Å². The number of ether oxygens (including phenoxy) is 1. The summed E-state index contributed by atoms with van der Waals surface area (Å²) in [5, 5.41) is 7.22. The molecule has 0 spiro atoms. The number of esters is 1. The van der Waals surface area contributed by atoms with E-state index in [9.17, 15) is 9.59 Å². The number of aromatic nitrogens is 1. The lowest BCUT2D eigenvalue weighted by atomic mass is 9.47. The molecule has 6 rings (SSSR count). The first-order chi connectivity index (χ1) is 13.5. The molecule has 0 saturated heterocycles. The highest BCUT2D eigenvalue weighted by Crippen LogP contribution is 2.62. The Bertz CT molecular complexity index is 906. The monoisotopic (exact) mass is 380 g/mol. The molecule has 1 aromatic heterocycles. The third-order valence-corrected chi connectivity index (χ3v) is 6.86. The Morgan fingerprint density at radius 1 is 1.14 bits per heavy atom. The van der Waals surface area contributed by atoms with Crippen molar-refractivity contribution in [3.05, 3.63) is 42.1 Å². The van der Waals surface area contributed by atoms with Gasteiger partial charge in [0.15, 0.2) is 11.5 Å². The molecule has 4 atom stereocenters. The molecule has 4 bridgehead atoms. The molecule has 4 saturated carbocycles. The number of carbonyl (C=O) groups is 2. The molecule has 146 valence electrons. The highest BCUT2D eigenvalue weighted by atomic mass is 16.5. The number of methoxy groups -OCH3 is 1. The molecular weight excluding hydrogens is 356 g/mol. The van der Waals surface area contributed by atoms with Gasteiger partial charge >= 0.3 is 5.97 Å². The molecule has 6 nitrogen and oxygen atoms in total. The third-order valence-electron chi connectivity index (χ3n) is 6.86. The predicted octanol–water partition coefficient (Wildman–Crippen LogP) is 3.58. The number of carbonyl (C=O) groups excluding carboxylic acids is 2. The quantitative estimate of drug-likeness (QED) is 0.820. The zero-order valence-corrected chi connectivity index (χ0v) is 15.9. The second-order valence-corrected chi connectivity index (χ2v) is 8.91. The number of rotatable bonds is 4. The summed E-state index contributed by atoms with van der Waals surface area (Å²) in [5.74, 6) is 1.17. The Labute approximate surface area is 163 Å². The Balaban J connectivity index is 1.38. The van der Waals surface area contributed by atoms with Crippen molar-refractivity contribution in [3.8, 4) is 11.3 Å². The van der Waals surface area contributed by atoms with E-state index in [1.807, 2.05) is 30.3 Å². The van der Waals surface area contributed by atoms with Gasteiger partial charge in [-0.1, -0.05) is 35.5 Å². The average molecular weight is 380 g/mol. The molecule has 2 unspecified atom stereocenters. The van der Waals surface area contributed by atoms with E-state index < -0.39 is 5.41 Å². The minimum atomic E-state index is -0.439. The van der Waals surface area contributed by atoms with E-state index in [0.717, 1.165) is 37.7 Å².